The molecule has 0 N–H and O–H groups in total. The van der Waals surface area contributed by atoms with Gasteiger partial charge in [0.15, 0.2) is 0 Å². The van der Waals surface area contributed by atoms with Gasteiger partial charge in [-0.3, -0.25) is 9.97 Å². The predicted molar refractivity (Wildman–Crippen MR) is 207 cm³/mol. The van der Waals surface area contributed by atoms with E-state index in [1.54, 1.807) is 0 Å². The van der Waals surface area contributed by atoms with Crippen LogP contribution in [0.5, 0.6) is 0 Å². The number of pyridine rings is 2. The number of nitrogens with zero attached hydrogens (tertiary/aromatic N) is 4. The summed E-state index contributed by atoms with van der Waals surface area (Å²) in [4.78, 5) is 9.17. The fourth-order valence-electron chi connectivity index (χ4n) is 7.60. The van der Waals surface area contributed by atoms with E-state index in [2.05, 4.69) is 177 Å². The number of rotatable bonds is 5. The molecule has 0 aliphatic carbocycles. The second-order valence-corrected chi connectivity index (χ2v) is 12.8. The maximum atomic E-state index is 4.59. The summed E-state index contributed by atoms with van der Waals surface area (Å²) in [7, 11) is 0. The lowest BCUT2D eigenvalue weighted by atomic mass is 9.93. The smallest absolute Gasteiger partial charge is 0.0724 e. The SMILES string of the molecule is c1ccc(-c2cc(-c3ccccc3)cc(-c3cc(-n4c5ccccc5c5ccncc54)cc(-n4c5ccccc5c5ccncc54)c3)c2)cc1. The first-order chi connectivity index (χ1) is 24.8. The van der Waals surface area contributed by atoms with E-state index < -0.39 is 0 Å². The molecule has 0 spiro atoms. The van der Waals surface area contributed by atoms with Gasteiger partial charge in [0.25, 0.3) is 0 Å². The van der Waals surface area contributed by atoms with Gasteiger partial charge >= 0.3 is 0 Å². The minimum Gasteiger partial charge on any atom is -0.308 e. The molecule has 0 radical (unpaired) electrons. The second kappa shape index (κ2) is 11.4. The Morgan fingerprint density at radius 2 is 0.680 bits per heavy atom. The third kappa shape index (κ3) is 4.54. The Balaban J connectivity index is 1.31. The topological polar surface area (TPSA) is 35.6 Å². The first-order valence-electron chi connectivity index (χ1n) is 16.9. The molecule has 0 saturated heterocycles. The zero-order valence-corrected chi connectivity index (χ0v) is 27.1. The van der Waals surface area contributed by atoms with Crippen LogP contribution in [-0.2, 0) is 0 Å². The Kier molecular flexibility index (Phi) is 6.46. The van der Waals surface area contributed by atoms with Crippen molar-refractivity contribution >= 4 is 43.6 Å². The van der Waals surface area contributed by atoms with E-state index in [9.17, 15) is 0 Å². The summed E-state index contributed by atoms with van der Waals surface area (Å²) in [6.45, 7) is 0. The molecule has 4 heteroatoms. The fraction of sp³-hybridized carbons (Fsp3) is 0. The lowest BCUT2D eigenvalue weighted by molar-refractivity contribution is 1.12. The van der Waals surface area contributed by atoms with Crippen LogP contribution in [-0.4, -0.2) is 19.1 Å². The maximum Gasteiger partial charge on any atom is 0.0724 e. The van der Waals surface area contributed by atoms with Gasteiger partial charge in [-0.15, -0.1) is 0 Å². The molecule has 0 atom stereocenters. The lowest BCUT2D eigenvalue weighted by Crippen LogP contribution is -2.00. The minimum atomic E-state index is 1.07. The molecule has 0 aliphatic rings. The number of fused-ring (bicyclic) bond motifs is 6. The maximum absolute atomic E-state index is 4.59. The third-order valence-corrected chi connectivity index (χ3v) is 9.85. The first kappa shape index (κ1) is 28.3. The molecular weight excluding hydrogens is 609 g/mol. The summed E-state index contributed by atoms with van der Waals surface area (Å²) < 4.78 is 4.71. The standard InChI is InChI=1S/C46H30N4/c1-3-11-31(12-4-1)33-23-34(32-13-5-2-6-14-32)25-35(24-33)36-26-37(49-43-17-9-7-15-39(43)41-19-21-47-29-45(41)49)28-38(27-36)50-44-18-10-8-16-40(44)42-20-22-48-30-46(42)50/h1-30H. The van der Waals surface area contributed by atoms with E-state index in [1.165, 1.54) is 43.8 Å². The molecule has 10 aromatic rings. The van der Waals surface area contributed by atoms with Crippen LogP contribution in [0.25, 0.3) is 88.4 Å². The van der Waals surface area contributed by atoms with E-state index in [-0.39, 0.29) is 0 Å². The van der Waals surface area contributed by atoms with Crippen molar-refractivity contribution in [3.05, 3.63) is 183 Å². The van der Waals surface area contributed by atoms with Gasteiger partial charge in [-0.25, -0.2) is 0 Å². The molecule has 234 valence electrons. The van der Waals surface area contributed by atoms with Crippen LogP contribution in [0.4, 0.5) is 0 Å². The molecule has 4 aromatic heterocycles. The molecule has 6 aromatic carbocycles. The number of para-hydroxylation sites is 2. The monoisotopic (exact) mass is 638 g/mol. The highest BCUT2D eigenvalue weighted by molar-refractivity contribution is 6.10. The van der Waals surface area contributed by atoms with E-state index in [4.69, 9.17) is 0 Å². The Morgan fingerprint density at radius 1 is 0.300 bits per heavy atom. The molecule has 0 amide bonds. The Morgan fingerprint density at radius 3 is 1.16 bits per heavy atom. The van der Waals surface area contributed by atoms with Crippen molar-refractivity contribution in [3.8, 4) is 44.8 Å². The summed E-state index contributed by atoms with van der Waals surface area (Å²) in [6.07, 6.45) is 7.73. The van der Waals surface area contributed by atoms with Crippen molar-refractivity contribution in [2.75, 3.05) is 0 Å². The molecule has 0 aliphatic heterocycles. The van der Waals surface area contributed by atoms with E-state index in [1.807, 2.05) is 24.8 Å². The Labute approximate surface area is 289 Å². The number of benzene rings is 6. The molecule has 0 saturated carbocycles. The quantitative estimate of drug-likeness (QED) is 0.188. The van der Waals surface area contributed by atoms with Gasteiger partial charge in [0.1, 0.15) is 0 Å². The van der Waals surface area contributed by atoms with Gasteiger partial charge < -0.3 is 9.13 Å². The minimum absolute atomic E-state index is 1.07. The van der Waals surface area contributed by atoms with Crippen LogP contribution in [0.2, 0.25) is 0 Å². The van der Waals surface area contributed by atoms with Crippen LogP contribution in [0.3, 0.4) is 0 Å². The highest BCUT2D eigenvalue weighted by Crippen LogP contribution is 2.39. The van der Waals surface area contributed by atoms with Gasteiger partial charge in [-0.2, -0.15) is 0 Å². The Bertz CT molecular complexity index is 2570. The predicted octanol–water partition coefficient (Wildman–Crippen LogP) is 11.7. The number of hydrogen-bond donors (Lipinski definition) is 0. The highest BCUT2D eigenvalue weighted by Gasteiger charge is 2.18. The van der Waals surface area contributed by atoms with Gasteiger partial charge in [-0.05, 0) is 94.0 Å². The molecule has 50 heavy (non-hydrogen) atoms. The third-order valence-electron chi connectivity index (χ3n) is 9.85. The average Bonchev–Trinajstić information content (AvgIpc) is 3.71. The molecule has 4 nitrogen and oxygen atoms in total. The van der Waals surface area contributed by atoms with Gasteiger partial charge in [0.2, 0.25) is 0 Å². The number of hydrogen-bond acceptors (Lipinski definition) is 2. The molecule has 0 unspecified atom stereocenters. The van der Waals surface area contributed by atoms with E-state index in [0.717, 1.165) is 44.6 Å². The normalized spacial score (nSPS) is 11.6. The average molecular weight is 639 g/mol. The van der Waals surface area contributed by atoms with Crippen LogP contribution in [0.15, 0.2) is 183 Å². The fourth-order valence-corrected chi connectivity index (χ4v) is 7.60. The number of aromatic nitrogens is 4. The molecule has 0 bridgehead atoms. The summed E-state index contributed by atoms with van der Waals surface area (Å²) >= 11 is 0. The van der Waals surface area contributed by atoms with Crippen molar-refractivity contribution in [1.29, 1.82) is 0 Å². The second-order valence-electron chi connectivity index (χ2n) is 12.8. The van der Waals surface area contributed by atoms with Gasteiger partial charge in [0, 0.05) is 45.3 Å². The Hall–Kier alpha value is -6.78. The van der Waals surface area contributed by atoms with Crippen LogP contribution in [0, 0.1) is 0 Å². The van der Waals surface area contributed by atoms with E-state index in [0.29, 0.717) is 0 Å². The zero-order chi connectivity index (χ0) is 33.0. The van der Waals surface area contributed by atoms with Crippen molar-refractivity contribution < 1.29 is 0 Å². The van der Waals surface area contributed by atoms with Gasteiger partial charge in [0.05, 0.1) is 34.5 Å². The lowest BCUT2D eigenvalue weighted by Gasteiger charge is -2.17. The van der Waals surface area contributed by atoms with Gasteiger partial charge in [-0.1, -0.05) is 97.1 Å². The van der Waals surface area contributed by atoms with Crippen LogP contribution < -0.4 is 0 Å². The summed E-state index contributed by atoms with van der Waals surface area (Å²) in [5.74, 6) is 0. The molecule has 4 heterocycles. The highest BCUT2D eigenvalue weighted by atomic mass is 15.0. The van der Waals surface area contributed by atoms with Crippen molar-refractivity contribution in [1.82, 2.24) is 19.1 Å². The van der Waals surface area contributed by atoms with Crippen LogP contribution in [0.1, 0.15) is 0 Å². The molecule has 10 rings (SSSR count). The van der Waals surface area contributed by atoms with Crippen LogP contribution >= 0.6 is 0 Å². The zero-order valence-electron chi connectivity index (χ0n) is 27.1. The molecular formula is C46H30N4. The summed E-state index contributed by atoms with van der Waals surface area (Å²) in [6, 6.07) is 56.7. The largest absolute Gasteiger partial charge is 0.308 e. The first-order valence-corrected chi connectivity index (χ1v) is 16.9. The van der Waals surface area contributed by atoms with Crippen molar-refractivity contribution in [3.63, 3.8) is 0 Å². The summed E-state index contributed by atoms with van der Waals surface area (Å²) in [5.41, 5.74) is 13.6. The molecule has 0 fully saturated rings. The van der Waals surface area contributed by atoms with Crippen molar-refractivity contribution in [2.45, 2.75) is 0 Å². The summed E-state index contributed by atoms with van der Waals surface area (Å²) in [5, 5.41) is 4.77. The van der Waals surface area contributed by atoms with E-state index >= 15 is 0 Å². The van der Waals surface area contributed by atoms with Crippen molar-refractivity contribution in [2.24, 2.45) is 0 Å².